The topological polar surface area (TPSA) is 0 Å². The molecule has 0 bridgehead atoms. The number of rotatable bonds is 6. The van der Waals surface area contributed by atoms with E-state index >= 15 is 70.2 Å². The van der Waals surface area contributed by atoms with Crippen LogP contribution in [0.3, 0.4) is 0 Å². The van der Waals surface area contributed by atoms with Crippen molar-refractivity contribution < 1.29 is 94.3 Å². The van der Waals surface area contributed by atoms with Crippen molar-refractivity contribution in [2.24, 2.45) is 0 Å². The van der Waals surface area contributed by atoms with Gasteiger partial charge in [-0.15, -0.1) is 0 Å². The summed E-state index contributed by atoms with van der Waals surface area (Å²) in [6.45, 7) is -7.06. The molecule has 4 aromatic carbocycles. The van der Waals surface area contributed by atoms with Crippen molar-refractivity contribution in [1.82, 2.24) is 0 Å². The molecule has 0 amide bonds. The fourth-order valence-electron chi connectivity index (χ4n) is 21.6. The summed E-state index contributed by atoms with van der Waals surface area (Å²) in [6.07, 6.45) is 0. The molecule has 1 spiro atoms. The number of fused-ring (bicyclic) bond motifs is 10. The van der Waals surface area contributed by atoms with Crippen LogP contribution in [-0.2, 0) is 6.51 Å². The second-order valence-electron chi connectivity index (χ2n) is 18.0. The number of halogens is 20. The third kappa shape index (κ3) is 1.13. The molecule has 302 valence electrons. The summed E-state index contributed by atoms with van der Waals surface area (Å²) in [5.74, 6) is -56.9. The van der Waals surface area contributed by atoms with Crippen LogP contribution in [0.1, 0.15) is 0 Å². The average molecular weight is 914 g/mol. The van der Waals surface area contributed by atoms with Crippen LogP contribution in [0, 0.1) is 116 Å². The van der Waals surface area contributed by atoms with Crippen LogP contribution in [0.15, 0.2) is 0 Å². The van der Waals surface area contributed by atoms with Gasteiger partial charge >= 0.3 is 294 Å². The molecule has 0 saturated carbocycles. The van der Waals surface area contributed by atoms with E-state index in [0.29, 0.717) is 0 Å². The Bertz CT molecular complexity index is 2820. The van der Waals surface area contributed by atoms with Crippen LogP contribution in [0.2, 0.25) is 38.5 Å². The molecule has 0 radical (unpaired) electrons. The van der Waals surface area contributed by atoms with Crippen molar-refractivity contribution in [3.8, 4) is 0 Å². The van der Waals surface area contributed by atoms with Gasteiger partial charge in [0.2, 0.25) is 0 Å². The predicted octanol–water partition coefficient (Wildman–Crippen LogP) is 10.2. The molecule has 4 atom stereocenters. The van der Waals surface area contributed by atoms with Crippen molar-refractivity contribution in [2.75, 3.05) is 0 Å². The maximum absolute atomic E-state index is 16.3. The van der Waals surface area contributed by atoms with E-state index in [-0.39, 0.29) is 0 Å². The van der Waals surface area contributed by atoms with Gasteiger partial charge in [-0.05, 0) is 0 Å². The second-order valence-corrected chi connectivity index (χ2v) is 46.6. The standard InChI is InChI=1S/C29H3F20P2.C5H5.Fe/c30-6-10(34)18(42)26(19(43)11(6)35)50(27-20(44)12(36)7(31)13(37)21(27)45)4-2-1-3-5(4)51(28-22(46)14(38)8(32)15(39)23(28)47)29-24(48)16(40)9(33)17(41)25(29)49;1-2-4-5-3-1;/h1-3H;1-5H;. The van der Waals surface area contributed by atoms with Crippen LogP contribution in [0.25, 0.3) is 0 Å². The Morgan fingerprint density at radius 2 is 0.404 bits per heavy atom. The minimum atomic E-state index is -7.06. The van der Waals surface area contributed by atoms with Crippen LogP contribution in [-0.4, -0.2) is 8.11 Å². The summed E-state index contributed by atoms with van der Waals surface area (Å²) < 4.78 is 304. The molecule has 4 unspecified atom stereocenters. The molecule has 10 saturated heterocycles. The van der Waals surface area contributed by atoms with Crippen molar-refractivity contribution in [2.45, 2.75) is 46.6 Å². The van der Waals surface area contributed by atoms with Gasteiger partial charge in [-0.3, -0.25) is 0 Å². The molecule has 10 aliphatic heterocycles. The molecule has 10 fully saturated rings. The van der Waals surface area contributed by atoms with Crippen LogP contribution in [0.5, 0.6) is 0 Å². The first-order chi connectivity index (χ1) is 26.4. The molecule has 0 nitrogen and oxygen atoms in total. The zero-order valence-electron chi connectivity index (χ0n) is 26.4. The zero-order valence-corrected chi connectivity index (χ0v) is 29.3. The normalized spacial score (nSPS) is 45.5. The average Bonchev–Trinajstić information content (AvgIpc) is 4.14. The molecule has 57 heavy (non-hydrogen) atoms. The van der Waals surface area contributed by atoms with E-state index in [1.807, 2.05) is 0 Å². The molecular weight excluding hydrogens is 906 g/mol. The Morgan fingerprint density at radius 3 is 0.544 bits per heavy atom. The SMILES string of the molecule is Fc1c(F)c(F)c(P(c2c(F)c(F)c(F)c(F)c2F)[C]23[CH]4[CH]5[CH]6[C]2(P(c2c(F)c(F)c(F)c(F)c2F)c2c(F)c(F)c(F)c(F)c2F)[Fe]54632789[CH]3[CH]2[CH]7[CH]8[CH]39)c(F)c1F. The maximum atomic E-state index is 16.3. The predicted molar refractivity (Wildman–Crippen MR) is 153 cm³/mol. The van der Waals surface area contributed by atoms with Crippen molar-refractivity contribution >= 4 is 37.1 Å². The molecular formula is C34H8F20FeP2. The van der Waals surface area contributed by atoms with Gasteiger partial charge in [-0.25, -0.2) is 0 Å². The van der Waals surface area contributed by atoms with E-state index in [1.54, 1.807) is 0 Å². The molecule has 0 aromatic heterocycles. The van der Waals surface area contributed by atoms with E-state index in [1.165, 1.54) is 0 Å². The monoisotopic (exact) mass is 914 g/mol. The first-order valence-corrected chi connectivity index (χ1v) is 25.2. The summed E-state index contributed by atoms with van der Waals surface area (Å²) >= 11 is 0. The summed E-state index contributed by atoms with van der Waals surface area (Å²) in [6, 6.07) is 0. The molecule has 0 N–H and O–H groups in total. The van der Waals surface area contributed by atoms with Gasteiger partial charge in [0.1, 0.15) is 0 Å². The van der Waals surface area contributed by atoms with E-state index in [4.69, 9.17) is 0 Å². The molecule has 10 aliphatic rings. The Kier molecular flexibility index (Phi) is 3.46. The first kappa shape index (κ1) is 33.7. The van der Waals surface area contributed by atoms with Crippen LogP contribution >= 0.6 is 15.8 Å². The number of hydrogen-bond acceptors (Lipinski definition) is 0. The fraction of sp³-hybridized carbons (Fsp3) is 0.294. The van der Waals surface area contributed by atoms with Crippen molar-refractivity contribution in [3.05, 3.63) is 116 Å². The van der Waals surface area contributed by atoms with Crippen molar-refractivity contribution in [1.29, 1.82) is 0 Å². The Hall–Kier alpha value is -3.14. The summed E-state index contributed by atoms with van der Waals surface area (Å²) in [5.41, 5.74) is 0. The van der Waals surface area contributed by atoms with Gasteiger partial charge in [0, 0.05) is 0 Å². The van der Waals surface area contributed by atoms with E-state index in [9.17, 15) is 17.6 Å². The first-order valence-electron chi connectivity index (χ1n) is 16.3. The molecule has 4 aromatic rings. The molecule has 14 rings (SSSR count). The minimum absolute atomic E-state index is 0.811. The Labute approximate surface area is 294 Å². The van der Waals surface area contributed by atoms with Crippen molar-refractivity contribution in [3.63, 3.8) is 0 Å². The summed E-state index contributed by atoms with van der Waals surface area (Å²) in [7, 11) is -8.75. The summed E-state index contributed by atoms with van der Waals surface area (Å²) in [5, 5.41) is -8.66. The Balaban J connectivity index is 1.20. The van der Waals surface area contributed by atoms with Gasteiger partial charge in [-0.2, -0.15) is 0 Å². The third-order valence-corrected chi connectivity index (χ3v) is 78.0. The third-order valence-electron chi connectivity index (χ3n) is 21.0. The zero-order chi connectivity index (χ0) is 40.9. The van der Waals surface area contributed by atoms with Gasteiger partial charge in [0.15, 0.2) is 0 Å². The Morgan fingerprint density at radius 1 is 0.246 bits per heavy atom. The van der Waals surface area contributed by atoms with E-state index < -0.39 is 207 Å². The quantitative estimate of drug-likeness (QED) is 0.0595. The fourth-order valence-corrected chi connectivity index (χ4v) is 127. The van der Waals surface area contributed by atoms with E-state index in [0.717, 1.165) is 0 Å². The molecule has 0 aliphatic carbocycles. The van der Waals surface area contributed by atoms with Gasteiger partial charge in [-0.1, -0.05) is 0 Å². The van der Waals surface area contributed by atoms with Gasteiger partial charge in [0.25, 0.3) is 0 Å². The van der Waals surface area contributed by atoms with Gasteiger partial charge < -0.3 is 0 Å². The molecule has 23 heteroatoms. The number of hydrogen-bond donors (Lipinski definition) is 0. The van der Waals surface area contributed by atoms with Crippen LogP contribution in [0.4, 0.5) is 87.8 Å². The van der Waals surface area contributed by atoms with Crippen LogP contribution < -0.4 is 21.2 Å². The van der Waals surface area contributed by atoms with E-state index in [2.05, 4.69) is 0 Å². The second kappa shape index (κ2) is 5.85. The number of benzene rings is 4. The van der Waals surface area contributed by atoms with Gasteiger partial charge in [0.05, 0.1) is 0 Å². The molecule has 10 heterocycles. The summed E-state index contributed by atoms with van der Waals surface area (Å²) in [4.78, 5) is -7.26.